The highest BCUT2D eigenvalue weighted by molar-refractivity contribution is 9.10. The van der Waals surface area contributed by atoms with Gasteiger partial charge >= 0.3 is 0 Å². The maximum absolute atomic E-state index is 13.0. The van der Waals surface area contributed by atoms with E-state index in [9.17, 15) is 13.6 Å². The van der Waals surface area contributed by atoms with Crippen LogP contribution in [0, 0.1) is 0 Å². The lowest BCUT2D eigenvalue weighted by Crippen LogP contribution is -2.40. The van der Waals surface area contributed by atoms with Gasteiger partial charge in [0.05, 0.1) is 24.8 Å². The number of pyridine rings is 1. The van der Waals surface area contributed by atoms with Gasteiger partial charge in [-0.1, -0.05) is 0 Å². The van der Waals surface area contributed by atoms with E-state index in [4.69, 9.17) is 0 Å². The highest BCUT2D eigenvalue weighted by atomic mass is 79.9. The largest absolute Gasteiger partial charge is 0.349 e. The Labute approximate surface area is 127 Å². The van der Waals surface area contributed by atoms with Gasteiger partial charge in [0.15, 0.2) is 0 Å². The van der Waals surface area contributed by atoms with Crippen LogP contribution in [-0.2, 0) is 11.3 Å². The number of nitrogens with zero attached hydrogens (tertiary/aromatic N) is 2. The molecule has 1 atom stereocenters. The van der Waals surface area contributed by atoms with Crippen LogP contribution in [0.1, 0.15) is 12.1 Å². The van der Waals surface area contributed by atoms with Crippen LogP contribution in [-0.4, -0.2) is 33.8 Å². The Morgan fingerprint density at radius 1 is 1.52 bits per heavy atom. The molecule has 8 heteroatoms. The molecule has 0 spiro atoms. The van der Waals surface area contributed by atoms with E-state index in [0.717, 1.165) is 10.1 Å². The van der Waals surface area contributed by atoms with Crippen LogP contribution in [0.5, 0.6) is 0 Å². The zero-order valence-corrected chi connectivity index (χ0v) is 12.5. The quantitative estimate of drug-likeness (QED) is 0.878. The molecule has 1 saturated heterocycles. The van der Waals surface area contributed by atoms with Crippen molar-refractivity contribution in [2.75, 3.05) is 6.54 Å². The number of hydrogen-bond acceptors (Lipinski definition) is 3. The molecule has 0 bridgehead atoms. The number of halogens is 3. The molecule has 112 valence electrons. The van der Waals surface area contributed by atoms with Gasteiger partial charge in [0.25, 0.3) is 5.92 Å². The number of imidazole rings is 1. The summed E-state index contributed by atoms with van der Waals surface area (Å²) in [6, 6.07) is 2.87. The lowest BCUT2D eigenvalue weighted by atomic mass is 10.2. The predicted molar refractivity (Wildman–Crippen MR) is 76.1 cm³/mol. The second-order valence-corrected chi connectivity index (χ2v) is 5.97. The van der Waals surface area contributed by atoms with Crippen molar-refractivity contribution in [2.45, 2.75) is 24.9 Å². The number of alkyl halides is 2. The Balaban J connectivity index is 1.62. The van der Waals surface area contributed by atoms with Crippen LogP contribution in [0.4, 0.5) is 8.78 Å². The summed E-state index contributed by atoms with van der Waals surface area (Å²) < 4.78 is 28.8. The zero-order chi connectivity index (χ0) is 15.0. The molecule has 3 rings (SSSR count). The molecule has 2 aromatic rings. The third kappa shape index (κ3) is 3.21. The molecule has 0 radical (unpaired) electrons. The van der Waals surface area contributed by atoms with E-state index in [2.05, 4.69) is 31.5 Å². The Kier molecular flexibility index (Phi) is 3.66. The molecule has 0 saturated carbocycles. The summed E-state index contributed by atoms with van der Waals surface area (Å²) in [7, 11) is 0. The summed E-state index contributed by atoms with van der Waals surface area (Å²) in [4.78, 5) is 16.2. The molecule has 0 aliphatic carbocycles. The first-order valence-electron chi connectivity index (χ1n) is 6.45. The number of amides is 1. The van der Waals surface area contributed by atoms with Gasteiger partial charge in [-0.2, -0.15) is 0 Å². The maximum Gasteiger partial charge on any atom is 0.262 e. The standard InChI is InChI=1S/C13H13BrF2N4O/c14-8-1-2-11-19-9(6-20(11)5-8)4-17-12(21)10-3-13(15,16)7-18-10/h1-2,5-6,10,18H,3-4,7H2,(H,17,21). The predicted octanol–water partition coefficient (Wildman–Crippen LogP) is 1.71. The van der Waals surface area contributed by atoms with Gasteiger partial charge in [-0.25, -0.2) is 13.8 Å². The summed E-state index contributed by atoms with van der Waals surface area (Å²) in [5.41, 5.74) is 1.43. The summed E-state index contributed by atoms with van der Waals surface area (Å²) in [5.74, 6) is -3.23. The van der Waals surface area contributed by atoms with Gasteiger partial charge in [-0.15, -0.1) is 0 Å². The minimum atomic E-state index is -2.81. The molecule has 1 aliphatic heterocycles. The first-order chi connectivity index (χ1) is 9.93. The number of carbonyl (C=O) groups excluding carboxylic acids is 1. The summed E-state index contributed by atoms with van der Waals surface area (Å²) >= 11 is 3.36. The minimum absolute atomic E-state index is 0.210. The van der Waals surface area contributed by atoms with Gasteiger partial charge < -0.3 is 9.72 Å². The van der Waals surface area contributed by atoms with Crippen LogP contribution >= 0.6 is 15.9 Å². The number of carbonyl (C=O) groups is 1. The zero-order valence-electron chi connectivity index (χ0n) is 10.9. The lowest BCUT2D eigenvalue weighted by Gasteiger charge is -2.10. The van der Waals surface area contributed by atoms with Crippen molar-refractivity contribution in [3.63, 3.8) is 0 Å². The number of nitrogens with one attached hydrogen (secondary N) is 2. The average molecular weight is 359 g/mol. The SMILES string of the molecule is O=C(NCc1cn2cc(Br)ccc2n1)C1CC(F)(F)CN1. The van der Waals surface area contributed by atoms with Crippen molar-refractivity contribution in [3.8, 4) is 0 Å². The van der Waals surface area contributed by atoms with Gasteiger partial charge in [-0.3, -0.25) is 10.1 Å². The lowest BCUT2D eigenvalue weighted by molar-refractivity contribution is -0.123. The Morgan fingerprint density at radius 3 is 3.05 bits per heavy atom. The van der Waals surface area contributed by atoms with E-state index in [1.807, 2.05) is 22.7 Å². The molecular weight excluding hydrogens is 346 g/mol. The fourth-order valence-electron chi connectivity index (χ4n) is 2.30. The normalized spacial score (nSPS) is 20.8. The first kappa shape index (κ1) is 14.4. The number of aromatic nitrogens is 2. The Hall–Kier alpha value is -1.54. The molecule has 21 heavy (non-hydrogen) atoms. The van der Waals surface area contributed by atoms with E-state index in [1.165, 1.54) is 0 Å². The van der Waals surface area contributed by atoms with E-state index >= 15 is 0 Å². The van der Waals surface area contributed by atoms with Crippen LogP contribution in [0.15, 0.2) is 29.0 Å². The molecule has 1 aliphatic rings. The van der Waals surface area contributed by atoms with Gasteiger partial charge in [0, 0.05) is 23.3 Å². The fourth-order valence-corrected chi connectivity index (χ4v) is 2.66. The average Bonchev–Trinajstić information content (AvgIpc) is 2.98. The molecule has 2 N–H and O–H groups in total. The summed E-state index contributed by atoms with van der Waals surface area (Å²) in [6.07, 6.45) is 3.18. The molecule has 1 unspecified atom stereocenters. The molecule has 1 fully saturated rings. The summed E-state index contributed by atoms with van der Waals surface area (Å²) in [5, 5.41) is 5.16. The fraction of sp³-hybridized carbons (Fsp3) is 0.385. The smallest absolute Gasteiger partial charge is 0.262 e. The van der Waals surface area contributed by atoms with Crippen molar-refractivity contribution in [2.24, 2.45) is 0 Å². The third-order valence-electron chi connectivity index (χ3n) is 3.33. The van der Waals surface area contributed by atoms with Crippen molar-refractivity contribution >= 4 is 27.5 Å². The molecule has 3 heterocycles. The molecule has 1 amide bonds. The molecule has 2 aromatic heterocycles. The van der Waals surface area contributed by atoms with Crippen LogP contribution < -0.4 is 10.6 Å². The second-order valence-electron chi connectivity index (χ2n) is 5.06. The minimum Gasteiger partial charge on any atom is -0.349 e. The van der Waals surface area contributed by atoms with E-state index in [-0.39, 0.29) is 6.54 Å². The second kappa shape index (κ2) is 5.34. The van der Waals surface area contributed by atoms with Gasteiger partial charge in [0.1, 0.15) is 5.65 Å². The Bertz CT molecular complexity index is 688. The van der Waals surface area contributed by atoms with Crippen molar-refractivity contribution in [1.82, 2.24) is 20.0 Å². The number of rotatable bonds is 3. The first-order valence-corrected chi connectivity index (χ1v) is 7.24. The van der Waals surface area contributed by atoms with Crippen LogP contribution in [0.25, 0.3) is 5.65 Å². The summed E-state index contributed by atoms with van der Waals surface area (Å²) in [6.45, 7) is -0.241. The van der Waals surface area contributed by atoms with Crippen LogP contribution in [0.3, 0.4) is 0 Å². The molecule has 0 aromatic carbocycles. The third-order valence-corrected chi connectivity index (χ3v) is 3.80. The van der Waals surface area contributed by atoms with Crippen molar-refractivity contribution in [1.29, 1.82) is 0 Å². The molecule has 5 nitrogen and oxygen atoms in total. The Morgan fingerprint density at radius 2 is 2.33 bits per heavy atom. The van der Waals surface area contributed by atoms with Gasteiger partial charge in [0.2, 0.25) is 5.91 Å². The van der Waals surface area contributed by atoms with E-state index in [0.29, 0.717) is 5.69 Å². The monoisotopic (exact) mass is 358 g/mol. The highest BCUT2D eigenvalue weighted by Gasteiger charge is 2.42. The number of hydrogen-bond donors (Lipinski definition) is 2. The van der Waals surface area contributed by atoms with Gasteiger partial charge in [-0.05, 0) is 28.1 Å². The van der Waals surface area contributed by atoms with Crippen molar-refractivity contribution in [3.05, 3.63) is 34.7 Å². The van der Waals surface area contributed by atoms with Crippen LogP contribution in [0.2, 0.25) is 0 Å². The highest BCUT2D eigenvalue weighted by Crippen LogP contribution is 2.25. The molecular formula is C13H13BrF2N4O. The number of fused-ring (bicyclic) bond motifs is 1. The van der Waals surface area contributed by atoms with E-state index < -0.39 is 30.8 Å². The van der Waals surface area contributed by atoms with Crippen molar-refractivity contribution < 1.29 is 13.6 Å². The topological polar surface area (TPSA) is 58.4 Å². The maximum atomic E-state index is 13.0. The van der Waals surface area contributed by atoms with E-state index in [1.54, 1.807) is 6.20 Å².